The molecule has 3 rings (SSSR count). The Kier molecular flexibility index (Phi) is 5.44. The van der Waals surface area contributed by atoms with E-state index in [1.54, 1.807) is 12.3 Å². The Balaban J connectivity index is 1.71. The Labute approximate surface area is 145 Å². The molecule has 2 aromatic heterocycles. The van der Waals surface area contributed by atoms with Crippen molar-refractivity contribution in [3.63, 3.8) is 0 Å². The summed E-state index contributed by atoms with van der Waals surface area (Å²) in [6, 6.07) is 1.58. The third-order valence-corrected chi connectivity index (χ3v) is 4.12. The Morgan fingerprint density at radius 1 is 1.44 bits per heavy atom. The van der Waals surface area contributed by atoms with Gasteiger partial charge in [-0.2, -0.15) is 10.1 Å². The van der Waals surface area contributed by atoms with Gasteiger partial charge < -0.3 is 19.9 Å². The molecule has 2 aromatic rings. The lowest BCUT2D eigenvalue weighted by Gasteiger charge is -2.34. The van der Waals surface area contributed by atoms with Gasteiger partial charge in [-0.05, 0) is 13.0 Å². The summed E-state index contributed by atoms with van der Waals surface area (Å²) in [5, 5.41) is 8.14. The first kappa shape index (κ1) is 17.6. The van der Waals surface area contributed by atoms with Crippen molar-refractivity contribution in [1.29, 1.82) is 0 Å². The lowest BCUT2D eigenvalue weighted by Crippen LogP contribution is -2.43. The van der Waals surface area contributed by atoms with E-state index in [0.717, 1.165) is 18.7 Å². The van der Waals surface area contributed by atoms with Gasteiger partial charge in [0.2, 0.25) is 5.89 Å². The van der Waals surface area contributed by atoms with Crippen LogP contribution in [-0.2, 0) is 11.3 Å². The van der Waals surface area contributed by atoms with Crippen molar-refractivity contribution in [3.05, 3.63) is 34.3 Å². The van der Waals surface area contributed by atoms with E-state index in [4.69, 9.17) is 15.0 Å². The number of rotatable bonds is 6. The average molecular weight is 348 g/mol. The fourth-order valence-corrected chi connectivity index (χ4v) is 2.73. The Morgan fingerprint density at radius 3 is 2.96 bits per heavy atom. The van der Waals surface area contributed by atoms with Gasteiger partial charge in [0.25, 0.3) is 5.56 Å². The Bertz CT molecular complexity index is 754. The van der Waals surface area contributed by atoms with Gasteiger partial charge in [0.05, 0.1) is 24.6 Å². The summed E-state index contributed by atoms with van der Waals surface area (Å²) < 4.78 is 12.2. The highest BCUT2D eigenvalue weighted by Gasteiger charge is 2.21. The van der Waals surface area contributed by atoms with E-state index < -0.39 is 0 Å². The zero-order chi connectivity index (χ0) is 17.8. The molecule has 136 valence electrons. The first-order chi connectivity index (χ1) is 12.1. The van der Waals surface area contributed by atoms with Crippen LogP contribution in [0.25, 0.3) is 0 Å². The highest BCUT2D eigenvalue weighted by atomic mass is 16.5. The van der Waals surface area contributed by atoms with E-state index in [9.17, 15) is 4.79 Å². The average Bonchev–Trinajstić information content (AvgIpc) is 3.06. The second-order valence-electron chi connectivity index (χ2n) is 6.43. The lowest BCUT2D eigenvalue weighted by molar-refractivity contribution is 0.0368. The Hall–Kier alpha value is -2.26. The van der Waals surface area contributed by atoms with E-state index in [-0.39, 0.29) is 24.1 Å². The van der Waals surface area contributed by atoms with Crippen LogP contribution in [0.1, 0.15) is 37.9 Å². The molecule has 0 aromatic carbocycles. The number of nitrogens with zero attached hydrogens (tertiary/aromatic N) is 5. The first-order valence-electron chi connectivity index (χ1n) is 8.53. The Morgan fingerprint density at radius 2 is 2.28 bits per heavy atom. The molecule has 1 aliphatic rings. The summed E-state index contributed by atoms with van der Waals surface area (Å²) in [7, 11) is 0. The summed E-state index contributed by atoms with van der Waals surface area (Å²) in [6.07, 6.45) is 2.59. The molecule has 9 heteroatoms. The fraction of sp³-hybridized carbons (Fsp3) is 0.625. The third-order valence-electron chi connectivity index (χ3n) is 4.12. The van der Waals surface area contributed by atoms with Crippen LogP contribution in [0.5, 0.6) is 0 Å². The molecule has 0 radical (unpaired) electrons. The molecule has 1 atom stereocenters. The van der Waals surface area contributed by atoms with Crippen molar-refractivity contribution in [2.75, 3.05) is 31.1 Å². The second kappa shape index (κ2) is 7.75. The number of aromatic nitrogens is 4. The van der Waals surface area contributed by atoms with Gasteiger partial charge in [-0.3, -0.25) is 4.79 Å². The topological polar surface area (TPSA) is 112 Å². The largest absolute Gasteiger partial charge is 0.374 e. The van der Waals surface area contributed by atoms with Crippen LogP contribution in [-0.4, -0.2) is 52.3 Å². The number of morpholine rings is 1. The van der Waals surface area contributed by atoms with Crippen LogP contribution < -0.4 is 16.2 Å². The molecule has 0 bridgehead atoms. The molecule has 0 spiro atoms. The smallest absolute Gasteiger partial charge is 0.269 e. The maximum Gasteiger partial charge on any atom is 0.269 e. The van der Waals surface area contributed by atoms with Crippen molar-refractivity contribution >= 4 is 5.69 Å². The summed E-state index contributed by atoms with van der Waals surface area (Å²) in [6.45, 7) is 6.78. The van der Waals surface area contributed by atoms with Crippen LogP contribution in [0.4, 0.5) is 5.69 Å². The van der Waals surface area contributed by atoms with E-state index in [2.05, 4.69) is 20.1 Å². The van der Waals surface area contributed by atoms with Gasteiger partial charge in [-0.1, -0.05) is 19.0 Å². The van der Waals surface area contributed by atoms with E-state index in [1.807, 2.05) is 13.8 Å². The molecule has 1 fully saturated rings. The highest BCUT2D eigenvalue weighted by Crippen LogP contribution is 2.16. The molecule has 0 aliphatic carbocycles. The van der Waals surface area contributed by atoms with Crippen molar-refractivity contribution in [1.82, 2.24) is 19.9 Å². The molecule has 9 nitrogen and oxygen atoms in total. The van der Waals surface area contributed by atoms with Crippen LogP contribution in [0.2, 0.25) is 0 Å². The lowest BCUT2D eigenvalue weighted by atomic mass is 10.2. The maximum absolute atomic E-state index is 12.4. The molecule has 0 amide bonds. The van der Waals surface area contributed by atoms with Gasteiger partial charge in [0.1, 0.15) is 6.54 Å². The SMILES string of the molecule is CC(C)c1nc(Cn2ncc(N3CCOC(CCN)C3)cc2=O)no1. The van der Waals surface area contributed by atoms with E-state index >= 15 is 0 Å². The molecular weight excluding hydrogens is 324 g/mol. The molecule has 2 N–H and O–H groups in total. The van der Waals surface area contributed by atoms with Gasteiger partial charge in [-0.25, -0.2) is 4.68 Å². The summed E-state index contributed by atoms with van der Waals surface area (Å²) in [4.78, 5) is 18.7. The summed E-state index contributed by atoms with van der Waals surface area (Å²) in [5.41, 5.74) is 6.19. The number of hydrogen-bond donors (Lipinski definition) is 1. The molecule has 25 heavy (non-hydrogen) atoms. The minimum atomic E-state index is -0.199. The molecule has 1 saturated heterocycles. The summed E-state index contributed by atoms with van der Waals surface area (Å²) in [5.74, 6) is 1.15. The minimum Gasteiger partial charge on any atom is -0.374 e. The second-order valence-corrected chi connectivity index (χ2v) is 6.43. The van der Waals surface area contributed by atoms with E-state index in [0.29, 0.717) is 31.4 Å². The van der Waals surface area contributed by atoms with Crippen molar-refractivity contribution in [2.45, 2.75) is 38.8 Å². The zero-order valence-electron chi connectivity index (χ0n) is 14.6. The normalized spacial score (nSPS) is 18.1. The fourth-order valence-electron chi connectivity index (χ4n) is 2.73. The van der Waals surface area contributed by atoms with Crippen molar-refractivity contribution in [3.8, 4) is 0 Å². The molecule has 1 aliphatic heterocycles. The predicted octanol–water partition coefficient (Wildman–Crippen LogP) is 0.352. The van der Waals surface area contributed by atoms with Gasteiger partial charge in [0, 0.05) is 25.1 Å². The van der Waals surface area contributed by atoms with Crippen LogP contribution >= 0.6 is 0 Å². The van der Waals surface area contributed by atoms with Crippen LogP contribution in [0, 0.1) is 0 Å². The standard InChI is InChI=1S/C16H24N6O3/c1-11(2)16-19-14(20-25-16)10-22-15(23)7-12(8-18-22)21-5-6-24-13(9-21)3-4-17/h7-8,11,13H,3-6,9-10,17H2,1-2H3. The monoisotopic (exact) mass is 348 g/mol. The van der Waals surface area contributed by atoms with Crippen molar-refractivity contribution in [2.24, 2.45) is 5.73 Å². The predicted molar refractivity (Wildman–Crippen MR) is 91.6 cm³/mol. The number of nitrogens with two attached hydrogens (primary N) is 1. The zero-order valence-corrected chi connectivity index (χ0v) is 14.6. The van der Waals surface area contributed by atoms with E-state index in [1.165, 1.54) is 4.68 Å². The van der Waals surface area contributed by atoms with Crippen molar-refractivity contribution < 1.29 is 9.26 Å². The third kappa shape index (κ3) is 4.23. The van der Waals surface area contributed by atoms with Gasteiger partial charge in [0.15, 0.2) is 5.82 Å². The van der Waals surface area contributed by atoms with Crippen LogP contribution in [0.15, 0.2) is 21.6 Å². The number of hydrogen-bond acceptors (Lipinski definition) is 8. The first-order valence-corrected chi connectivity index (χ1v) is 8.53. The quantitative estimate of drug-likeness (QED) is 0.796. The number of ether oxygens (including phenoxy) is 1. The molecular formula is C16H24N6O3. The summed E-state index contributed by atoms with van der Waals surface area (Å²) >= 11 is 0. The highest BCUT2D eigenvalue weighted by molar-refractivity contribution is 5.43. The molecule has 3 heterocycles. The molecule has 1 unspecified atom stereocenters. The van der Waals surface area contributed by atoms with Gasteiger partial charge >= 0.3 is 0 Å². The van der Waals surface area contributed by atoms with Crippen LogP contribution in [0.3, 0.4) is 0 Å². The minimum absolute atomic E-state index is 0.0926. The maximum atomic E-state index is 12.4. The number of anilines is 1. The molecule has 0 saturated carbocycles. The van der Waals surface area contributed by atoms with Gasteiger partial charge in [-0.15, -0.1) is 0 Å².